The molecule has 0 unspecified atom stereocenters. The Morgan fingerprint density at radius 2 is 1.96 bits per heavy atom. The van der Waals surface area contributed by atoms with Gasteiger partial charge in [0, 0.05) is 31.6 Å². The average Bonchev–Trinajstić information content (AvgIpc) is 2.61. The van der Waals surface area contributed by atoms with Crippen LogP contribution >= 0.6 is 0 Å². The Morgan fingerprint density at radius 1 is 1.28 bits per heavy atom. The second kappa shape index (κ2) is 7.25. The molecule has 0 radical (unpaired) electrons. The molecule has 134 valence electrons. The van der Waals surface area contributed by atoms with Crippen LogP contribution < -0.4 is 15.8 Å². The van der Waals surface area contributed by atoms with Crippen molar-refractivity contribution < 1.29 is 4.79 Å². The number of aromatic nitrogens is 2. The predicted octanol–water partition coefficient (Wildman–Crippen LogP) is 2.16. The number of hydrogen-bond acceptors (Lipinski definition) is 4. The maximum absolute atomic E-state index is 12.9. The monoisotopic (exact) mass is 342 g/mol. The fourth-order valence-corrected chi connectivity index (χ4v) is 3.45. The van der Waals surface area contributed by atoms with Crippen molar-refractivity contribution in [2.45, 2.75) is 46.2 Å². The summed E-state index contributed by atoms with van der Waals surface area (Å²) in [5.41, 5.74) is 1.65. The fourth-order valence-electron chi connectivity index (χ4n) is 3.45. The molecule has 25 heavy (non-hydrogen) atoms. The highest BCUT2D eigenvalue weighted by molar-refractivity contribution is 5.79. The molecule has 6 heteroatoms. The van der Waals surface area contributed by atoms with Crippen molar-refractivity contribution in [1.29, 1.82) is 0 Å². The zero-order valence-electron chi connectivity index (χ0n) is 15.2. The average molecular weight is 342 g/mol. The molecule has 1 amide bonds. The molecule has 1 aromatic heterocycles. The molecule has 3 rings (SSSR count). The first-order chi connectivity index (χ1) is 12.0. The lowest BCUT2D eigenvalue weighted by molar-refractivity contribution is -0.126. The Kier molecular flexibility index (Phi) is 5.06. The van der Waals surface area contributed by atoms with Crippen LogP contribution in [0.25, 0.3) is 11.0 Å². The maximum atomic E-state index is 12.9. The number of carbonyl (C=O) groups is 1. The van der Waals surface area contributed by atoms with Crippen LogP contribution in [0.2, 0.25) is 0 Å². The smallest absolute Gasteiger partial charge is 0.293 e. The highest BCUT2D eigenvalue weighted by Gasteiger charge is 2.27. The minimum absolute atomic E-state index is 0.0208. The highest BCUT2D eigenvalue weighted by atomic mass is 16.2. The fraction of sp³-hybridized carbons (Fsp3) is 0.526. The largest absolute Gasteiger partial charge is 0.354 e. The number of aryl methyl sites for hydroxylation is 1. The van der Waals surface area contributed by atoms with E-state index in [0.29, 0.717) is 25.5 Å². The van der Waals surface area contributed by atoms with Crippen LogP contribution in [0.5, 0.6) is 0 Å². The normalized spacial score (nSPS) is 15.8. The van der Waals surface area contributed by atoms with Gasteiger partial charge in [-0.05, 0) is 45.7 Å². The maximum Gasteiger partial charge on any atom is 0.293 e. The first-order valence-corrected chi connectivity index (χ1v) is 9.06. The van der Waals surface area contributed by atoms with E-state index in [9.17, 15) is 9.59 Å². The van der Waals surface area contributed by atoms with Crippen molar-refractivity contribution in [3.63, 3.8) is 0 Å². The van der Waals surface area contributed by atoms with E-state index >= 15 is 0 Å². The van der Waals surface area contributed by atoms with Crippen molar-refractivity contribution in [1.82, 2.24) is 14.9 Å². The third-order valence-electron chi connectivity index (χ3n) is 4.75. The van der Waals surface area contributed by atoms with E-state index in [1.807, 2.05) is 49.9 Å². The summed E-state index contributed by atoms with van der Waals surface area (Å²) in [5.74, 6) is 0.642. The molecule has 2 aromatic rings. The molecule has 2 heterocycles. The predicted molar refractivity (Wildman–Crippen MR) is 99.9 cm³/mol. The Hall–Kier alpha value is -2.37. The van der Waals surface area contributed by atoms with Gasteiger partial charge < -0.3 is 14.8 Å². The standard InChI is InChI=1S/C19H26N4O2/c1-4-23-16-8-6-5-7-15(16)21-17(19(23)25)22-11-9-14(10-12-22)18(24)20-13(2)3/h5-8,13-14H,4,9-12H2,1-3H3,(H,20,24). The first-order valence-electron chi connectivity index (χ1n) is 9.06. The van der Waals surface area contributed by atoms with Gasteiger partial charge in [0.2, 0.25) is 5.91 Å². The van der Waals surface area contributed by atoms with E-state index < -0.39 is 0 Å². The molecule has 0 saturated carbocycles. The number of rotatable bonds is 4. The van der Waals surface area contributed by atoms with Gasteiger partial charge in [-0.15, -0.1) is 0 Å². The van der Waals surface area contributed by atoms with Crippen LogP contribution in [0.3, 0.4) is 0 Å². The lowest BCUT2D eigenvalue weighted by atomic mass is 9.95. The number of hydrogen-bond donors (Lipinski definition) is 1. The lowest BCUT2D eigenvalue weighted by Crippen LogP contribution is -2.44. The highest BCUT2D eigenvalue weighted by Crippen LogP contribution is 2.22. The van der Waals surface area contributed by atoms with Crippen molar-refractivity contribution in [3.05, 3.63) is 34.6 Å². The molecule has 6 nitrogen and oxygen atoms in total. The Morgan fingerprint density at radius 3 is 2.60 bits per heavy atom. The summed E-state index contributed by atoms with van der Waals surface area (Å²) in [6, 6.07) is 7.89. The summed E-state index contributed by atoms with van der Waals surface area (Å²) < 4.78 is 1.77. The molecule has 1 aliphatic rings. The van der Waals surface area contributed by atoms with Crippen LogP contribution in [0, 0.1) is 5.92 Å². The molecule has 1 N–H and O–H groups in total. The van der Waals surface area contributed by atoms with Gasteiger partial charge in [-0.2, -0.15) is 0 Å². The van der Waals surface area contributed by atoms with Crippen LogP contribution in [0.15, 0.2) is 29.1 Å². The van der Waals surface area contributed by atoms with Gasteiger partial charge in [0.25, 0.3) is 5.56 Å². The van der Waals surface area contributed by atoms with Gasteiger partial charge in [0.05, 0.1) is 11.0 Å². The van der Waals surface area contributed by atoms with Gasteiger partial charge in [-0.3, -0.25) is 9.59 Å². The van der Waals surface area contributed by atoms with Gasteiger partial charge in [0.1, 0.15) is 0 Å². The molecular weight excluding hydrogens is 316 g/mol. The quantitative estimate of drug-likeness (QED) is 0.924. The minimum atomic E-state index is -0.0497. The SMILES string of the molecule is CCn1c(=O)c(N2CCC(C(=O)NC(C)C)CC2)nc2ccccc21. The Balaban J connectivity index is 1.83. The summed E-state index contributed by atoms with van der Waals surface area (Å²) in [7, 11) is 0. The molecule has 1 aliphatic heterocycles. The molecular formula is C19H26N4O2. The lowest BCUT2D eigenvalue weighted by Gasteiger charge is -2.32. The van der Waals surface area contributed by atoms with Crippen LogP contribution in [-0.2, 0) is 11.3 Å². The van der Waals surface area contributed by atoms with Gasteiger partial charge in [-0.25, -0.2) is 4.98 Å². The zero-order valence-corrected chi connectivity index (χ0v) is 15.2. The molecule has 0 aliphatic carbocycles. The number of carbonyl (C=O) groups excluding carboxylic acids is 1. The summed E-state index contributed by atoms with van der Waals surface area (Å²) in [6.07, 6.45) is 1.50. The Bertz CT molecular complexity index is 820. The molecule has 0 atom stereocenters. The van der Waals surface area contributed by atoms with Crippen molar-refractivity contribution in [2.75, 3.05) is 18.0 Å². The van der Waals surface area contributed by atoms with E-state index in [0.717, 1.165) is 23.9 Å². The van der Waals surface area contributed by atoms with Gasteiger partial charge >= 0.3 is 0 Å². The summed E-state index contributed by atoms with van der Waals surface area (Å²) in [6.45, 7) is 7.89. The Labute approximate surface area is 147 Å². The third kappa shape index (κ3) is 3.52. The summed E-state index contributed by atoms with van der Waals surface area (Å²) >= 11 is 0. The van der Waals surface area contributed by atoms with E-state index in [4.69, 9.17) is 0 Å². The van der Waals surface area contributed by atoms with Gasteiger partial charge in [0.15, 0.2) is 5.82 Å². The van der Waals surface area contributed by atoms with Gasteiger partial charge in [-0.1, -0.05) is 12.1 Å². The van der Waals surface area contributed by atoms with Crippen molar-refractivity contribution in [2.24, 2.45) is 5.92 Å². The third-order valence-corrected chi connectivity index (χ3v) is 4.75. The van der Waals surface area contributed by atoms with E-state index in [-0.39, 0.29) is 23.4 Å². The van der Waals surface area contributed by atoms with Crippen LogP contribution in [-0.4, -0.2) is 34.6 Å². The minimum Gasteiger partial charge on any atom is -0.354 e. The first kappa shape index (κ1) is 17.5. The number of nitrogens with one attached hydrogen (secondary N) is 1. The number of benzene rings is 1. The van der Waals surface area contributed by atoms with E-state index in [2.05, 4.69) is 10.3 Å². The van der Waals surface area contributed by atoms with E-state index in [1.54, 1.807) is 4.57 Å². The van der Waals surface area contributed by atoms with Crippen molar-refractivity contribution in [3.8, 4) is 0 Å². The number of anilines is 1. The number of para-hydroxylation sites is 2. The number of nitrogens with zero attached hydrogens (tertiary/aromatic N) is 3. The molecule has 1 saturated heterocycles. The summed E-state index contributed by atoms with van der Waals surface area (Å²) in [4.78, 5) is 31.7. The second-order valence-corrected chi connectivity index (χ2v) is 6.90. The zero-order chi connectivity index (χ0) is 18.0. The molecule has 0 bridgehead atoms. The van der Waals surface area contributed by atoms with Crippen LogP contribution in [0.1, 0.15) is 33.6 Å². The number of piperidine rings is 1. The summed E-state index contributed by atoms with van der Waals surface area (Å²) in [5, 5.41) is 2.98. The molecule has 1 fully saturated rings. The van der Waals surface area contributed by atoms with E-state index in [1.165, 1.54) is 0 Å². The number of fused-ring (bicyclic) bond motifs is 1. The molecule has 0 spiro atoms. The van der Waals surface area contributed by atoms with Crippen LogP contribution in [0.4, 0.5) is 5.82 Å². The van der Waals surface area contributed by atoms with Crippen molar-refractivity contribution >= 4 is 22.8 Å². The second-order valence-electron chi connectivity index (χ2n) is 6.90. The molecule has 1 aromatic carbocycles. The number of amides is 1. The topological polar surface area (TPSA) is 67.2 Å².